The Bertz CT molecular complexity index is 656. The molecule has 6 nitrogen and oxygen atoms in total. The molecule has 1 saturated carbocycles. The molecule has 130 valence electrons. The van der Waals surface area contributed by atoms with Gasteiger partial charge in [-0.15, -0.1) is 0 Å². The smallest absolute Gasteiger partial charge is 0.326 e. The Morgan fingerprint density at radius 1 is 1.33 bits per heavy atom. The van der Waals surface area contributed by atoms with E-state index in [9.17, 15) is 18.8 Å². The van der Waals surface area contributed by atoms with Gasteiger partial charge in [0.15, 0.2) is 17.3 Å². The molecule has 1 fully saturated rings. The monoisotopic (exact) mass is 337 g/mol. The minimum atomic E-state index is -1.07. The molecule has 1 aromatic carbocycles. The van der Waals surface area contributed by atoms with Crippen LogP contribution in [0.1, 0.15) is 43.0 Å². The second-order valence-corrected chi connectivity index (χ2v) is 5.82. The summed E-state index contributed by atoms with van der Waals surface area (Å²) in [6.45, 7) is 1.46. The molecule has 0 heterocycles. The molecule has 1 amide bonds. The standard InChI is InChI=1S/C17H20FNO5/c1-10(17(22)23)19(12-4-5-12)16(21)8-6-14(20)11-3-7-15(24-2)13(18)9-11/h3,7,9-10,12H,4-6,8H2,1-2H3,(H,22,23). The number of benzene rings is 1. The first-order chi connectivity index (χ1) is 11.3. The van der Waals surface area contributed by atoms with E-state index in [-0.39, 0.29) is 41.9 Å². The SMILES string of the molecule is COc1ccc(C(=O)CCC(=O)N(C2CC2)C(C)C(=O)O)cc1F. The number of carbonyl (C=O) groups excluding carboxylic acids is 2. The van der Waals surface area contributed by atoms with Gasteiger partial charge in [0.1, 0.15) is 6.04 Å². The van der Waals surface area contributed by atoms with E-state index in [2.05, 4.69) is 0 Å². The van der Waals surface area contributed by atoms with Gasteiger partial charge in [-0.25, -0.2) is 9.18 Å². The summed E-state index contributed by atoms with van der Waals surface area (Å²) in [5.74, 6) is -2.41. The first-order valence-electron chi connectivity index (χ1n) is 7.76. The van der Waals surface area contributed by atoms with Crippen molar-refractivity contribution >= 4 is 17.7 Å². The number of methoxy groups -OCH3 is 1. The fourth-order valence-electron chi connectivity index (χ4n) is 2.54. The lowest BCUT2D eigenvalue weighted by Gasteiger charge is -2.26. The molecule has 1 N–H and O–H groups in total. The van der Waals surface area contributed by atoms with Crippen LogP contribution in [0.5, 0.6) is 5.75 Å². The van der Waals surface area contributed by atoms with Gasteiger partial charge in [-0.3, -0.25) is 9.59 Å². The Labute approximate surface area is 139 Å². The van der Waals surface area contributed by atoms with Gasteiger partial charge >= 0.3 is 5.97 Å². The van der Waals surface area contributed by atoms with Crippen LogP contribution in [0.4, 0.5) is 4.39 Å². The van der Waals surface area contributed by atoms with Gasteiger partial charge in [-0.1, -0.05) is 0 Å². The Morgan fingerprint density at radius 3 is 2.50 bits per heavy atom. The largest absolute Gasteiger partial charge is 0.494 e. The van der Waals surface area contributed by atoms with E-state index in [1.807, 2.05) is 0 Å². The number of carboxylic acid groups (broad SMARTS) is 1. The molecular weight excluding hydrogens is 317 g/mol. The van der Waals surface area contributed by atoms with Crippen molar-refractivity contribution in [1.82, 2.24) is 4.90 Å². The third-order valence-corrected chi connectivity index (χ3v) is 4.04. The van der Waals surface area contributed by atoms with Crippen molar-refractivity contribution in [3.05, 3.63) is 29.6 Å². The van der Waals surface area contributed by atoms with Crippen LogP contribution in [-0.2, 0) is 9.59 Å². The number of aliphatic carboxylic acids is 1. The minimum Gasteiger partial charge on any atom is -0.494 e. The molecule has 2 rings (SSSR count). The normalized spacial score (nSPS) is 14.8. The van der Waals surface area contributed by atoms with Crippen LogP contribution >= 0.6 is 0 Å². The number of ketones is 1. The first-order valence-corrected chi connectivity index (χ1v) is 7.76. The lowest BCUT2D eigenvalue weighted by atomic mass is 10.1. The number of nitrogens with zero attached hydrogens (tertiary/aromatic N) is 1. The number of Topliss-reactive ketones (excluding diaryl/α,β-unsaturated/α-hetero) is 1. The van der Waals surface area contributed by atoms with Crippen molar-refractivity contribution in [2.75, 3.05) is 7.11 Å². The molecule has 1 aliphatic carbocycles. The highest BCUT2D eigenvalue weighted by Crippen LogP contribution is 2.29. The summed E-state index contributed by atoms with van der Waals surface area (Å²) in [7, 11) is 1.33. The number of hydrogen-bond donors (Lipinski definition) is 1. The molecule has 0 radical (unpaired) electrons. The quantitative estimate of drug-likeness (QED) is 0.736. The van der Waals surface area contributed by atoms with E-state index < -0.39 is 17.8 Å². The third kappa shape index (κ3) is 4.10. The molecular formula is C17H20FNO5. The summed E-state index contributed by atoms with van der Waals surface area (Å²) in [5, 5.41) is 9.10. The van der Waals surface area contributed by atoms with Gasteiger partial charge in [0, 0.05) is 24.4 Å². The lowest BCUT2D eigenvalue weighted by molar-refractivity contribution is -0.150. The highest BCUT2D eigenvalue weighted by Gasteiger charge is 2.38. The molecule has 0 aromatic heterocycles. The summed E-state index contributed by atoms with van der Waals surface area (Å²) >= 11 is 0. The summed E-state index contributed by atoms with van der Waals surface area (Å²) in [6, 6.07) is 2.89. The summed E-state index contributed by atoms with van der Waals surface area (Å²) in [6.07, 6.45) is 1.36. The molecule has 1 unspecified atom stereocenters. The van der Waals surface area contributed by atoms with Gasteiger partial charge in [-0.2, -0.15) is 0 Å². The van der Waals surface area contributed by atoms with E-state index in [1.165, 1.54) is 31.1 Å². The van der Waals surface area contributed by atoms with E-state index in [4.69, 9.17) is 9.84 Å². The van der Waals surface area contributed by atoms with Crippen LogP contribution in [0.2, 0.25) is 0 Å². The maximum absolute atomic E-state index is 13.6. The summed E-state index contributed by atoms with van der Waals surface area (Å²) < 4.78 is 18.4. The zero-order chi connectivity index (χ0) is 17.9. The number of amides is 1. The van der Waals surface area contributed by atoms with E-state index >= 15 is 0 Å². The second kappa shape index (κ2) is 7.42. The van der Waals surface area contributed by atoms with Crippen molar-refractivity contribution in [3.8, 4) is 5.75 Å². The zero-order valence-electron chi connectivity index (χ0n) is 13.6. The van der Waals surface area contributed by atoms with E-state index in [1.54, 1.807) is 0 Å². The topological polar surface area (TPSA) is 83.9 Å². The van der Waals surface area contributed by atoms with Crippen LogP contribution < -0.4 is 4.74 Å². The molecule has 1 aliphatic rings. The van der Waals surface area contributed by atoms with Gasteiger partial charge in [0.25, 0.3) is 0 Å². The predicted molar refractivity (Wildman–Crippen MR) is 83.5 cm³/mol. The van der Waals surface area contributed by atoms with Crippen molar-refractivity contribution in [1.29, 1.82) is 0 Å². The zero-order valence-corrected chi connectivity index (χ0v) is 13.6. The number of ether oxygens (including phenoxy) is 1. The molecule has 7 heteroatoms. The maximum atomic E-state index is 13.6. The first kappa shape index (κ1) is 17.9. The molecule has 1 atom stereocenters. The van der Waals surface area contributed by atoms with Crippen LogP contribution in [0.3, 0.4) is 0 Å². The minimum absolute atomic E-state index is 0.0396. The third-order valence-electron chi connectivity index (χ3n) is 4.04. The van der Waals surface area contributed by atoms with Crippen molar-refractivity contribution in [2.24, 2.45) is 0 Å². The van der Waals surface area contributed by atoms with E-state index in [0.29, 0.717) is 0 Å². The predicted octanol–water partition coefficient (Wildman–Crippen LogP) is 2.26. The number of carboxylic acids is 1. The second-order valence-electron chi connectivity index (χ2n) is 5.82. The molecule has 24 heavy (non-hydrogen) atoms. The van der Waals surface area contributed by atoms with Crippen molar-refractivity contribution in [2.45, 2.75) is 44.7 Å². The molecule has 0 saturated heterocycles. The average molecular weight is 337 g/mol. The van der Waals surface area contributed by atoms with Gasteiger partial charge in [-0.05, 0) is 38.0 Å². The van der Waals surface area contributed by atoms with Crippen molar-refractivity contribution < 1.29 is 28.6 Å². The van der Waals surface area contributed by atoms with Crippen LogP contribution in [-0.4, -0.2) is 46.9 Å². The van der Waals surface area contributed by atoms with Gasteiger partial charge < -0.3 is 14.7 Å². The van der Waals surface area contributed by atoms with Gasteiger partial charge in [0.2, 0.25) is 5.91 Å². The van der Waals surface area contributed by atoms with E-state index in [0.717, 1.165) is 18.9 Å². The average Bonchev–Trinajstić information content (AvgIpc) is 3.37. The summed E-state index contributed by atoms with van der Waals surface area (Å²) in [5.41, 5.74) is 0.158. The molecule has 0 spiro atoms. The Morgan fingerprint density at radius 2 is 2.00 bits per heavy atom. The lowest BCUT2D eigenvalue weighted by Crippen LogP contribution is -2.44. The number of rotatable bonds is 8. The Hall–Kier alpha value is -2.44. The van der Waals surface area contributed by atoms with Gasteiger partial charge in [0.05, 0.1) is 7.11 Å². The molecule has 0 bridgehead atoms. The molecule has 0 aliphatic heterocycles. The highest BCUT2D eigenvalue weighted by atomic mass is 19.1. The Kier molecular flexibility index (Phi) is 5.54. The maximum Gasteiger partial charge on any atom is 0.326 e. The summed E-state index contributed by atoms with van der Waals surface area (Å²) in [4.78, 5) is 36.9. The Balaban J connectivity index is 1.98. The van der Waals surface area contributed by atoms with Crippen LogP contribution in [0, 0.1) is 5.82 Å². The van der Waals surface area contributed by atoms with Crippen LogP contribution in [0.25, 0.3) is 0 Å². The van der Waals surface area contributed by atoms with Crippen LogP contribution in [0.15, 0.2) is 18.2 Å². The number of hydrogen-bond acceptors (Lipinski definition) is 4. The number of halogens is 1. The fraction of sp³-hybridized carbons (Fsp3) is 0.471. The van der Waals surface area contributed by atoms with Crippen molar-refractivity contribution in [3.63, 3.8) is 0 Å². The highest BCUT2D eigenvalue weighted by molar-refractivity contribution is 5.98. The molecule has 1 aromatic rings. The fourth-order valence-corrected chi connectivity index (χ4v) is 2.54. The number of carbonyl (C=O) groups is 3.